The monoisotopic (exact) mass is 212 g/mol. The van der Waals surface area contributed by atoms with E-state index >= 15 is 0 Å². The average Bonchev–Trinajstić information content (AvgIpc) is 2.15. The van der Waals surface area contributed by atoms with Crippen LogP contribution in [-0.2, 0) is 0 Å². The topological polar surface area (TPSA) is 0 Å². The van der Waals surface area contributed by atoms with Gasteiger partial charge in [-0.1, -0.05) is 74.1 Å². The summed E-state index contributed by atoms with van der Waals surface area (Å²) in [6.45, 7) is 16.6. The first-order valence-electron chi connectivity index (χ1n) is 6.77. The molecule has 0 aromatic heterocycles. The van der Waals surface area contributed by atoms with E-state index < -0.39 is 0 Å². The summed E-state index contributed by atoms with van der Waals surface area (Å²) < 4.78 is 0. The molecule has 0 radical (unpaired) electrons. The predicted octanol–water partition coefficient (Wildman–Crippen LogP) is 5.67. The Hall–Kier alpha value is 0. The van der Waals surface area contributed by atoms with E-state index in [1.165, 1.54) is 32.1 Å². The molecule has 0 heteroatoms. The Labute approximate surface area is 97.8 Å². The smallest absolute Gasteiger partial charge is 0.0280 e. The van der Waals surface area contributed by atoms with Crippen molar-refractivity contribution in [3.63, 3.8) is 0 Å². The highest BCUT2D eigenvalue weighted by Gasteiger charge is 2.34. The van der Waals surface area contributed by atoms with Gasteiger partial charge in [0.15, 0.2) is 0 Å². The second-order valence-electron chi connectivity index (χ2n) is 6.57. The number of rotatable bonds is 6. The standard InChI is InChI=1S/C15H32/c1-8-13(3)11-10-12-15(7,9-2)14(4,5)6/h13H,8-12H2,1-7H3. The Kier molecular flexibility index (Phi) is 5.92. The summed E-state index contributed by atoms with van der Waals surface area (Å²) in [5.74, 6) is 0.908. The highest BCUT2D eigenvalue weighted by molar-refractivity contribution is 4.85. The Morgan fingerprint density at radius 1 is 1.00 bits per heavy atom. The Morgan fingerprint density at radius 3 is 1.87 bits per heavy atom. The Morgan fingerprint density at radius 2 is 1.53 bits per heavy atom. The van der Waals surface area contributed by atoms with Gasteiger partial charge in [-0.2, -0.15) is 0 Å². The van der Waals surface area contributed by atoms with Crippen LogP contribution in [0.15, 0.2) is 0 Å². The van der Waals surface area contributed by atoms with Crippen LogP contribution in [0.3, 0.4) is 0 Å². The van der Waals surface area contributed by atoms with E-state index in [0.717, 1.165) is 5.92 Å². The molecule has 0 aliphatic carbocycles. The molecule has 0 aromatic rings. The molecule has 0 rings (SSSR count). The van der Waals surface area contributed by atoms with E-state index in [1.807, 2.05) is 0 Å². The molecule has 0 aromatic carbocycles. The molecule has 0 nitrogen and oxygen atoms in total. The maximum absolute atomic E-state index is 2.46. The van der Waals surface area contributed by atoms with E-state index in [9.17, 15) is 0 Å². The van der Waals surface area contributed by atoms with Gasteiger partial charge in [-0.05, 0) is 23.2 Å². The van der Waals surface area contributed by atoms with Crippen molar-refractivity contribution in [2.75, 3.05) is 0 Å². The summed E-state index contributed by atoms with van der Waals surface area (Å²) in [7, 11) is 0. The van der Waals surface area contributed by atoms with Crippen LogP contribution in [0.5, 0.6) is 0 Å². The van der Waals surface area contributed by atoms with E-state index in [0.29, 0.717) is 10.8 Å². The molecule has 0 spiro atoms. The summed E-state index contributed by atoms with van der Waals surface area (Å²) in [6, 6.07) is 0. The fourth-order valence-corrected chi connectivity index (χ4v) is 2.13. The van der Waals surface area contributed by atoms with Crippen molar-refractivity contribution >= 4 is 0 Å². The first-order valence-corrected chi connectivity index (χ1v) is 6.77. The molecule has 0 fully saturated rings. The molecule has 0 bridgehead atoms. The van der Waals surface area contributed by atoms with Gasteiger partial charge in [-0.15, -0.1) is 0 Å². The molecule has 2 unspecified atom stereocenters. The molecule has 0 saturated carbocycles. The van der Waals surface area contributed by atoms with Crippen molar-refractivity contribution in [2.24, 2.45) is 16.7 Å². The first-order chi connectivity index (χ1) is 6.77. The summed E-state index contributed by atoms with van der Waals surface area (Å²) in [5, 5.41) is 0. The fourth-order valence-electron chi connectivity index (χ4n) is 2.13. The maximum Gasteiger partial charge on any atom is -0.0280 e. The van der Waals surface area contributed by atoms with E-state index in [2.05, 4.69) is 48.5 Å². The SMILES string of the molecule is CCC(C)CCCC(C)(CC)C(C)(C)C. The highest BCUT2D eigenvalue weighted by Crippen LogP contribution is 2.45. The van der Waals surface area contributed by atoms with Gasteiger partial charge in [0.05, 0.1) is 0 Å². The van der Waals surface area contributed by atoms with Gasteiger partial charge in [-0.3, -0.25) is 0 Å². The minimum Gasteiger partial charge on any atom is -0.0651 e. The molecule has 0 amide bonds. The lowest BCUT2D eigenvalue weighted by Crippen LogP contribution is -2.32. The van der Waals surface area contributed by atoms with Crippen molar-refractivity contribution in [1.29, 1.82) is 0 Å². The number of hydrogen-bond donors (Lipinski definition) is 0. The second-order valence-corrected chi connectivity index (χ2v) is 6.57. The van der Waals surface area contributed by atoms with E-state index in [4.69, 9.17) is 0 Å². The van der Waals surface area contributed by atoms with Crippen molar-refractivity contribution < 1.29 is 0 Å². The summed E-state index contributed by atoms with van der Waals surface area (Å²) in [4.78, 5) is 0. The minimum atomic E-state index is 0.442. The quantitative estimate of drug-likeness (QED) is 0.532. The lowest BCUT2D eigenvalue weighted by atomic mass is 9.63. The van der Waals surface area contributed by atoms with Crippen LogP contribution in [0.4, 0.5) is 0 Å². The minimum absolute atomic E-state index is 0.442. The van der Waals surface area contributed by atoms with Crippen LogP contribution >= 0.6 is 0 Å². The fraction of sp³-hybridized carbons (Fsp3) is 1.00. The summed E-state index contributed by atoms with van der Waals surface area (Å²) in [6.07, 6.45) is 6.82. The third-order valence-electron chi connectivity index (χ3n) is 4.71. The van der Waals surface area contributed by atoms with Crippen molar-refractivity contribution in [3.8, 4) is 0 Å². The van der Waals surface area contributed by atoms with Crippen LogP contribution in [0.25, 0.3) is 0 Å². The zero-order valence-electron chi connectivity index (χ0n) is 12.1. The molecule has 15 heavy (non-hydrogen) atoms. The Balaban J connectivity index is 4.11. The van der Waals surface area contributed by atoms with Crippen molar-refractivity contribution in [1.82, 2.24) is 0 Å². The average molecular weight is 212 g/mol. The molecule has 0 N–H and O–H groups in total. The molecule has 92 valence electrons. The number of hydrogen-bond acceptors (Lipinski definition) is 0. The van der Waals surface area contributed by atoms with E-state index in [1.54, 1.807) is 0 Å². The molecular formula is C15H32. The molecular weight excluding hydrogens is 180 g/mol. The van der Waals surface area contributed by atoms with Crippen molar-refractivity contribution in [2.45, 2.75) is 80.6 Å². The largest absolute Gasteiger partial charge is 0.0651 e. The van der Waals surface area contributed by atoms with Gasteiger partial charge >= 0.3 is 0 Å². The lowest BCUT2D eigenvalue weighted by molar-refractivity contribution is 0.0860. The highest BCUT2D eigenvalue weighted by atomic mass is 14.4. The molecule has 2 atom stereocenters. The van der Waals surface area contributed by atoms with E-state index in [-0.39, 0.29) is 0 Å². The van der Waals surface area contributed by atoms with Gasteiger partial charge in [0, 0.05) is 0 Å². The second kappa shape index (κ2) is 5.92. The van der Waals surface area contributed by atoms with Crippen LogP contribution in [0.2, 0.25) is 0 Å². The normalized spacial score (nSPS) is 18.6. The van der Waals surface area contributed by atoms with Gasteiger partial charge in [0.2, 0.25) is 0 Å². The van der Waals surface area contributed by atoms with Crippen LogP contribution < -0.4 is 0 Å². The summed E-state index contributed by atoms with van der Waals surface area (Å²) >= 11 is 0. The third-order valence-corrected chi connectivity index (χ3v) is 4.71. The van der Waals surface area contributed by atoms with Crippen LogP contribution in [0, 0.1) is 16.7 Å². The van der Waals surface area contributed by atoms with Crippen LogP contribution in [-0.4, -0.2) is 0 Å². The third kappa shape index (κ3) is 4.57. The van der Waals surface area contributed by atoms with Gasteiger partial charge in [0.25, 0.3) is 0 Å². The lowest BCUT2D eigenvalue weighted by Gasteiger charge is -2.42. The van der Waals surface area contributed by atoms with Gasteiger partial charge in [0.1, 0.15) is 0 Å². The Bertz CT molecular complexity index is 163. The first kappa shape index (κ1) is 15.0. The zero-order chi connectivity index (χ0) is 12.1. The molecule has 0 saturated heterocycles. The molecule has 0 heterocycles. The summed E-state index contributed by atoms with van der Waals surface area (Å²) in [5.41, 5.74) is 0.956. The molecule has 0 aliphatic rings. The molecule has 0 aliphatic heterocycles. The zero-order valence-corrected chi connectivity index (χ0v) is 12.1. The van der Waals surface area contributed by atoms with Gasteiger partial charge < -0.3 is 0 Å². The maximum atomic E-state index is 2.46. The van der Waals surface area contributed by atoms with Crippen molar-refractivity contribution in [3.05, 3.63) is 0 Å². The predicted molar refractivity (Wildman–Crippen MR) is 71.2 cm³/mol. The van der Waals surface area contributed by atoms with Gasteiger partial charge in [-0.25, -0.2) is 0 Å². The van der Waals surface area contributed by atoms with Crippen LogP contribution in [0.1, 0.15) is 80.6 Å².